The van der Waals surface area contributed by atoms with Gasteiger partial charge in [0.25, 0.3) is 5.91 Å². The number of benzene rings is 2. The molecule has 1 saturated heterocycles. The molecule has 2 atom stereocenters. The molecule has 1 fully saturated rings. The Morgan fingerprint density at radius 1 is 1.24 bits per heavy atom. The average Bonchev–Trinajstić information content (AvgIpc) is 3.43. The molecule has 3 heterocycles. The number of morpholine rings is 1. The Morgan fingerprint density at radius 2 is 2.09 bits per heavy atom. The Kier molecular flexibility index (Phi) is 4.63. The molecule has 8 nitrogen and oxygen atoms in total. The lowest BCUT2D eigenvalue weighted by Crippen LogP contribution is -2.46. The van der Waals surface area contributed by atoms with E-state index in [1.165, 1.54) is 30.6 Å². The van der Waals surface area contributed by atoms with Gasteiger partial charge in [-0.3, -0.25) is 9.20 Å². The molecule has 0 spiro atoms. The first-order valence-corrected chi connectivity index (χ1v) is 10.6. The van der Waals surface area contributed by atoms with Crippen molar-refractivity contribution in [2.75, 3.05) is 18.9 Å². The average molecular weight is 469 g/mol. The summed E-state index contributed by atoms with van der Waals surface area (Å²) in [7, 11) is 0. The highest BCUT2D eigenvalue weighted by Gasteiger charge is 2.43. The molecule has 2 N–H and O–H groups in total. The van der Waals surface area contributed by atoms with Crippen molar-refractivity contribution in [3.63, 3.8) is 0 Å². The molecule has 0 bridgehead atoms. The maximum absolute atomic E-state index is 15.1. The van der Waals surface area contributed by atoms with Crippen LogP contribution in [0.1, 0.15) is 27.5 Å². The highest BCUT2D eigenvalue weighted by atomic mass is 19.3. The summed E-state index contributed by atoms with van der Waals surface area (Å²) < 4.78 is 52.4. The van der Waals surface area contributed by atoms with E-state index in [0.29, 0.717) is 23.0 Å². The van der Waals surface area contributed by atoms with Crippen molar-refractivity contribution in [2.24, 2.45) is 0 Å². The van der Waals surface area contributed by atoms with Gasteiger partial charge in [0.15, 0.2) is 0 Å². The van der Waals surface area contributed by atoms with Crippen molar-refractivity contribution in [2.45, 2.75) is 25.2 Å². The lowest BCUT2D eigenvalue weighted by molar-refractivity contribution is -0.0517. The Bertz CT molecular complexity index is 1460. The SMILES string of the molecule is Nc1nc2cc(F)c(C(=O)N3CCO[C@@H]4Cc5cc(OC(F)F)ccc5[C@@H]43)cc2n2cncc12. The van der Waals surface area contributed by atoms with Gasteiger partial charge in [-0.1, -0.05) is 6.07 Å². The smallest absolute Gasteiger partial charge is 0.387 e. The summed E-state index contributed by atoms with van der Waals surface area (Å²) in [6.45, 7) is -2.40. The minimum absolute atomic E-state index is 0.0435. The fourth-order valence-electron chi connectivity index (χ4n) is 4.96. The van der Waals surface area contributed by atoms with Crippen LogP contribution in [0.3, 0.4) is 0 Å². The van der Waals surface area contributed by atoms with Gasteiger partial charge in [-0.25, -0.2) is 14.4 Å². The maximum Gasteiger partial charge on any atom is 0.387 e. The van der Waals surface area contributed by atoms with Crippen LogP contribution in [-0.4, -0.2) is 51.0 Å². The molecule has 34 heavy (non-hydrogen) atoms. The third-order valence-electron chi connectivity index (χ3n) is 6.39. The number of fused-ring (bicyclic) bond motifs is 6. The topological polar surface area (TPSA) is 95.0 Å². The first kappa shape index (κ1) is 20.7. The normalized spacial score (nSPS) is 19.6. The number of aromatic nitrogens is 3. The van der Waals surface area contributed by atoms with E-state index in [0.717, 1.165) is 11.1 Å². The molecule has 6 rings (SSSR count). The molecule has 1 aliphatic heterocycles. The van der Waals surface area contributed by atoms with Crippen LogP contribution in [0.2, 0.25) is 0 Å². The van der Waals surface area contributed by atoms with Crippen molar-refractivity contribution < 1.29 is 27.4 Å². The number of hydrogen-bond acceptors (Lipinski definition) is 6. The summed E-state index contributed by atoms with van der Waals surface area (Å²) in [5.41, 5.74) is 8.70. The largest absolute Gasteiger partial charge is 0.435 e. The minimum atomic E-state index is -2.93. The molecule has 2 aromatic heterocycles. The Balaban J connectivity index is 1.40. The molecule has 0 radical (unpaired) electrons. The number of alkyl halides is 2. The number of anilines is 1. The van der Waals surface area contributed by atoms with Gasteiger partial charge >= 0.3 is 6.61 Å². The summed E-state index contributed by atoms with van der Waals surface area (Å²) in [4.78, 5) is 23.5. The molecule has 0 saturated carbocycles. The lowest BCUT2D eigenvalue weighted by atomic mass is 10.0. The van der Waals surface area contributed by atoms with Gasteiger partial charge in [0.1, 0.15) is 22.9 Å². The third kappa shape index (κ3) is 3.15. The fourth-order valence-corrected chi connectivity index (χ4v) is 4.96. The van der Waals surface area contributed by atoms with Gasteiger partial charge in [0, 0.05) is 19.0 Å². The number of nitrogens with zero attached hydrogens (tertiary/aromatic N) is 4. The molecular weight excluding hydrogens is 451 g/mol. The molecule has 2 aromatic carbocycles. The number of ether oxygens (including phenoxy) is 2. The molecule has 1 aliphatic carbocycles. The Labute approximate surface area is 190 Å². The van der Waals surface area contributed by atoms with Gasteiger partial charge < -0.3 is 20.1 Å². The second-order valence-corrected chi connectivity index (χ2v) is 8.26. The van der Waals surface area contributed by atoms with E-state index in [9.17, 15) is 13.6 Å². The molecule has 2 aliphatic rings. The second-order valence-electron chi connectivity index (χ2n) is 8.26. The molecule has 4 aromatic rings. The zero-order chi connectivity index (χ0) is 23.6. The van der Waals surface area contributed by atoms with E-state index in [2.05, 4.69) is 14.7 Å². The van der Waals surface area contributed by atoms with Crippen molar-refractivity contribution in [1.29, 1.82) is 0 Å². The molecule has 11 heteroatoms. The summed E-state index contributed by atoms with van der Waals surface area (Å²) in [5.74, 6) is -0.964. The van der Waals surface area contributed by atoms with Crippen molar-refractivity contribution in [3.8, 4) is 5.75 Å². The first-order chi connectivity index (χ1) is 16.4. The number of imidazole rings is 1. The van der Waals surface area contributed by atoms with Crippen LogP contribution in [0.4, 0.5) is 19.0 Å². The van der Waals surface area contributed by atoms with E-state index in [1.54, 1.807) is 21.6 Å². The van der Waals surface area contributed by atoms with Crippen LogP contribution in [0.15, 0.2) is 42.9 Å². The Morgan fingerprint density at radius 3 is 2.91 bits per heavy atom. The van der Waals surface area contributed by atoms with Crippen LogP contribution in [0.5, 0.6) is 5.75 Å². The fraction of sp³-hybridized carbons (Fsp3) is 0.261. The number of carbonyl (C=O) groups excluding carboxylic acids is 1. The number of rotatable bonds is 3. The first-order valence-electron chi connectivity index (χ1n) is 10.6. The van der Waals surface area contributed by atoms with E-state index >= 15 is 4.39 Å². The number of nitrogen functional groups attached to an aromatic ring is 1. The summed E-state index contributed by atoms with van der Waals surface area (Å²) >= 11 is 0. The van der Waals surface area contributed by atoms with Crippen molar-refractivity contribution in [1.82, 2.24) is 19.3 Å². The van der Waals surface area contributed by atoms with E-state index < -0.39 is 24.4 Å². The molecule has 174 valence electrons. The number of halogens is 3. The second kappa shape index (κ2) is 7.59. The number of hydrogen-bond donors (Lipinski definition) is 1. The maximum atomic E-state index is 15.1. The summed E-state index contributed by atoms with van der Waals surface area (Å²) in [6.07, 6.45) is 3.14. The van der Waals surface area contributed by atoms with Crippen LogP contribution >= 0.6 is 0 Å². The van der Waals surface area contributed by atoms with Gasteiger partial charge in [-0.2, -0.15) is 8.78 Å². The zero-order valence-corrected chi connectivity index (χ0v) is 17.6. The predicted molar refractivity (Wildman–Crippen MR) is 115 cm³/mol. The molecule has 1 amide bonds. The predicted octanol–water partition coefficient (Wildman–Crippen LogP) is 3.34. The van der Waals surface area contributed by atoms with E-state index in [4.69, 9.17) is 10.5 Å². The van der Waals surface area contributed by atoms with Crippen LogP contribution in [-0.2, 0) is 11.2 Å². The highest BCUT2D eigenvalue weighted by Crippen LogP contribution is 2.42. The Hall–Kier alpha value is -3.86. The monoisotopic (exact) mass is 469 g/mol. The van der Waals surface area contributed by atoms with E-state index in [1.807, 2.05) is 0 Å². The minimum Gasteiger partial charge on any atom is -0.435 e. The van der Waals surface area contributed by atoms with Gasteiger partial charge in [0.05, 0.1) is 47.9 Å². The third-order valence-corrected chi connectivity index (χ3v) is 6.39. The zero-order valence-electron chi connectivity index (χ0n) is 17.6. The van der Waals surface area contributed by atoms with Gasteiger partial charge in [-0.15, -0.1) is 0 Å². The van der Waals surface area contributed by atoms with Crippen LogP contribution in [0, 0.1) is 5.82 Å². The summed E-state index contributed by atoms with van der Waals surface area (Å²) in [6, 6.07) is 6.80. The van der Waals surface area contributed by atoms with Crippen LogP contribution < -0.4 is 10.5 Å². The standard InChI is InChI=1S/C23H18F3N5O3/c24-15-8-16-17(31-10-28-9-18(31)21(27)29-16)7-14(15)22(32)30-3-4-33-19-6-11-5-12(34-23(25)26)1-2-13(11)20(19)30/h1-2,5,7-10,19-20,23H,3-4,6H2,(H2,27,29)/t19-,20+/m1/s1. The van der Waals surface area contributed by atoms with E-state index in [-0.39, 0.29) is 36.4 Å². The molecular formula is C23H18F3N5O3. The van der Waals surface area contributed by atoms with Gasteiger partial charge in [0.2, 0.25) is 0 Å². The van der Waals surface area contributed by atoms with Crippen molar-refractivity contribution >= 4 is 28.3 Å². The number of nitrogens with two attached hydrogens (primary N) is 1. The quantitative estimate of drug-likeness (QED) is 0.495. The number of carbonyl (C=O) groups is 1. The summed E-state index contributed by atoms with van der Waals surface area (Å²) in [5, 5.41) is 0. The highest BCUT2D eigenvalue weighted by molar-refractivity contribution is 5.99. The van der Waals surface area contributed by atoms with Crippen molar-refractivity contribution in [3.05, 3.63) is 65.4 Å². The van der Waals surface area contributed by atoms with Gasteiger partial charge in [-0.05, 0) is 29.3 Å². The molecule has 0 unspecified atom stereocenters. The van der Waals surface area contributed by atoms with Crippen LogP contribution in [0.25, 0.3) is 16.6 Å². The lowest BCUT2D eigenvalue weighted by Gasteiger charge is -2.38. The number of amides is 1.